The van der Waals surface area contributed by atoms with Gasteiger partial charge in [-0.15, -0.1) is 28.2 Å². The van der Waals surface area contributed by atoms with E-state index in [-0.39, 0.29) is 54.1 Å². The van der Waals surface area contributed by atoms with Crippen LogP contribution in [0, 0.1) is 5.41 Å². The van der Waals surface area contributed by atoms with Gasteiger partial charge in [-0.1, -0.05) is 139 Å². The van der Waals surface area contributed by atoms with E-state index in [0.29, 0.717) is 5.16 Å². The Morgan fingerprint density at radius 3 is 2.11 bits per heavy atom. The van der Waals surface area contributed by atoms with Gasteiger partial charge in [-0.3, -0.25) is 24.5 Å². The summed E-state index contributed by atoms with van der Waals surface area (Å²) in [6.45, 7) is 0.0937. The Hall–Kier alpha value is -6.83. The number of esters is 2. The monoisotopic (exact) mass is 930 g/mol. The number of nitrogens with one attached hydrogen (secondary N) is 2. The molecule has 0 saturated carbocycles. The van der Waals surface area contributed by atoms with Gasteiger partial charge in [0.05, 0.1) is 17.7 Å². The summed E-state index contributed by atoms with van der Waals surface area (Å²) in [5.74, 6) is -1.71. The number of nitrogens with zero attached hydrogens (tertiary/aromatic N) is 6. The Balaban J connectivity index is 0.981. The largest absolute Gasteiger partial charge is 0.461 e. The number of amides is 3. The standard InChI is InChI=1S/C46H42N8O8S3/c1-53-44(50-51-52-53)65-29-46(42(58)62-38(32-18-10-4-11-19-32)33-20-12-5-13-21-33)27-54-40(57)37(41(54)64-28-46)48-39(56)34(22-23-36(55)60-24-30-14-6-2-7-15-30)35-26-63-43(47-35)49-45(59)61-25-31-16-8-3-9-17-31/h2-22,26,37-38,41H,23-25,27-29H2,1H3,(H,48,56)(H,47,49,59)/t37?,41-,46?/m1/s1. The summed E-state index contributed by atoms with van der Waals surface area (Å²) < 4.78 is 18.7. The Morgan fingerprint density at radius 2 is 1.49 bits per heavy atom. The average Bonchev–Trinajstić information content (AvgIpc) is 3.99. The Bertz CT molecular complexity index is 2610. The highest BCUT2D eigenvalue weighted by molar-refractivity contribution is 8.00. The second kappa shape index (κ2) is 20.8. The highest BCUT2D eigenvalue weighted by Gasteiger charge is 2.58. The fourth-order valence-corrected chi connectivity index (χ4v) is 10.5. The molecule has 4 heterocycles. The second-order valence-electron chi connectivity index (χ2n) is 15.1. The van der Waals surface area contributed by atoms with Crippen molar-refractivity contribution < 1.29 is 38.2 Å². The number of β-lactam (4-membered cyclic amide) rings is 1. The van der Waals surface area contributed by atoms with Crippen molar-refractivity contribution >= 4 is 75.4 Å². The predicted molar refractivity (Wildman–Crippen MR) is 244 cm³/mol. The van der Waals surface area contributed by atoms with Crippen LogP contribution in [0.15, 0.2) is 138 Å². The third kappa shape index (κ3) is 10.9. The first-order chi connectivity index (χ1) is 31.7. The third-order valence-corrected chi connectivity index (χ3v) is 14.2. The van der Waals surface area contributed by atoms with Crippen molar-refractivity contribution in [1.29, 1.82) is 0 Å². The van der Waals surface area contributed by atoms with Crippen molar-refractivity contribution in [3.63, 3.8) is 0 Å². The van der Waals surface area contributed by atoms with Crippen molar-refractivity contribution in [1.82, 2.24) is 35.4 Å². The molecule has 2 unspecified atom stereocenters. The summed E-state index contributed by atoms with van der Waals surface area (Å²) in [4.78, 5) is 74.5. The maximum atomic E-state index is 14.6. The van der Waals surface area contributed by atoms with Gasteiger partial charge in [0.15, 0.2) is 11.2 Å². The summed E-state index contributed by atoms with van der Waals surface area (Å²) in [6.07, 6.45) is -0.355. The van der Waals surface area contributed by atoms with E-state index in [9.17, 15) is 24.0 Å². The minimum Gasteiger partial charge on any atom is -0.461 e. The molecule has 4 aromatic carbocycles. The maximum absolute atomic E-state index is 14.6. The minimum atomic E-state index is -1.19. The van der Waals surface area contributed by atoms with Crippen LogP contribution >= 0.6 is 34.9 Å². The molecule has 0 bridgehead atoms. The number of rotatable bonds is 17. The smallest absolute Gasteiger partial charge is 0.413 e. The van der Waals surface area contributed by atoms with Crippen LogP contribution in [0.5, 0.6) is 0 Å². The summed E-state index contributed by atoms with van der Waals surface area (Å²) >= 11 is 3.69. The average molecular weight is 931 g/mol. The summed E-state index contributed by atoms with van der Waals surface area (Å²) in [7, 11) is 1.70. The summed E-state index contributed by atoms with van der Waals surface area (Å²) in [6, 6.07) is 36.3. The summed E-state index contributed by atoms with van der Waals surface area (Å²) in [5.41, 5.74) is 2.13. The predicted octanol–water partition coefficient (Wildman–Crippen LogP) is 6.44. The zero-order valence-corrected chi connectivity index (χ0v) is 37.3. The fourth-order valence-electron chi connectivity index (χ4n) is 7.08. The molecule has 2 N–H and O–H groups in total. The molecule has 3 amide bonds. The second-order valence-corrected chi connectivity index (χ2v) is 18.0. The molecule has 8 rings (SSSR count). The van der Waals surface area contributed by atoms with Crippen LogP contribution in [-0.2, 0) is 53.7 Å². The Morgan fingerprint density at radius 1 is 0.877 bits per heavy atom. The molecule has 2 saturated heterocycles. The zero-order valence-electron chi connectivity index (χ0n) is 34.9. The lowest BCUT2D eigenvalue weighted by atomic mass is 9.88. The van der Waals surface area contributed by atoms with Gasteiger partial charge in [-0.25, -0.2) is 14.5 Å². The van der Waals surface area contributed by atoms with Crippen LogP contribution in [0.4, 0.5) is 9.93 Å². The molecule has 0 radical (unpaired) electrons. The molecule has 0 aliphatic carbocycles. The Labute approximate surface area is 386 Å². The van der Waals surface area contributed by atoms with E-state index in [1.165, 1.54) is 34.3 Å². The molecular weight excluding hydrogens is 889 g/mol. The molecule has 16 nitrogen and oxygen atoms in total. The van der Waals surface area contributed by atoms with Gasteiger partial charge < -0.3 is 24.4 Å². The number of tetrazole rings is 1. The van der Waals surface area contributed by atoms with E-state index in [1.54, 1.807) is 17.3 Å². The number of aryl methyl sites for hydroxylation is 1. The van der Waals surface area contributed by atoms with E-state index in [4.69, 9.17) is 14.2 Å². The Kier molecular flexibility index (Phi) is 14.3. The van der Waals surface area contributed by atoms with E-state index < -0.39 is 52.8 Å². The number of thioether (sulfide) groups is 2. The minimum absolute atomic E-state index is 0.00449. The lowest BCUT2D eigenvalue weighted by molar-refractivity contribution is -0.164. The van der Waals surface area contributed by atoms with Crippen LogP contribution in [0.2, 0.25) is 0 Å². The van der Waals surface area contributed by atoms with E-state index in [0.717, 1.165) is 33.6 Å². The number of anilines is 1. The molecule has 2 aliphatic heterocycles. The highest BCUT2D eigenvalue weighted by atomic mass is 32.2. The molecule has 2 aromatic heterocycles. The quantitative estimate of drug-likeness (QED) is 0.0333. The van der Waals surface area contributed by atoms with Gasteiger partial charge in [-0.05, 0) is 32.7 Å². The normalized spacial score (nSPS) is 18.0. The number of thiazole rings is 1. The van der Waals surface area contributed by atoms with Crippen LogP contribution in [0.1, 0.15) is 40.5 Å². The van der Waals surface area contributed by atoms with Gasteiger partial charge in [0, 0.05) is 30.5 Å². The van der Waals surface area contributed by atoms with Crippen LogP contribution in [0.25, 0.3) is 5.57 Å². The molecule has 3 atom stereocenters. The first kappa shape index (κ1) is 44.8. The highest BCUT2D eigenvalue weighted by Crippen LogP contribution is 2.46. The molecular formula is C46H42N8O8S3. The summed E-state index contributed by atoms with van der Waals surface area (Å²) in [5, 5.41) is 18.9. The van der Waals surface area contributed by atoms with Crippen molar-refractivity contribution in [2.24, 2.45) is 12.5 Å². The number of hydrogen-bond donors (Lipinski definition) is 2. The van der Waals surface area contributed by atoms with Crippen molar-refractivity contribution in [3.8, 4) is 0 Å². The molecule has 0 spiro atoms. The number of ether oxygens (including phenoxy) is 3. The van der Waals surface area contributed by atoms with Gasteiger partial charge in [-0.2, -0.15) is 0 Å². The van der Waals surface area contributed by atoms with Gasteiger partial charge >= 0.3 is 18.0 Å². The number of carbonyl (C=O) groups excluding carboxylic acids is 5. The van der Waals surface area contributed by atoms with Crippen LogP contribution in [-0.4, -0.2) is 89.4 Å². The topological polar surface area (TPSA) is 197 Å². The van der Waals surface area contributed by atoms with E-state index in [2.05, 4.69) is 31.1 Å². The van der Waals surface area contributed by atoms with E-state index in [1.807, 2.05) is 121 Å². The lowest BCUT2D eigenvalue weighted by Gasteiger charge is -2.54. The number of carbonyl (C=O) groups is 5. The molecule has 65 heavy (non-hydrogen) atoms. The molecule has 2 aliphatic rings. The van der Waals surface area contributed by atoms with Crippen molar-refractivity contribution in [2.75, 3.05) is 23.4 Å². The zero-order chi connectivity index (χ0) is 45.2. The lowest BCUT2D eigenvalue weighted by Crippen LogP contribution is -2.74. The number of aromatic nitrogens is 5. The molecule has 332 valence electrons. The molecule has 2 fully saturated rings. The fraction of sp³-hybridized carbons (Fsp3) is 0.239. The van der Waals surface area contributed by atoms with Crippen molar-refractivity contribution in [3.05, 3.63) is 161 Å². The SMILES string of the molecule is Cn1nnnc1SCC1(C(=O)OC(c2ccccc2)c2ccccc2)CS[C@@H]2C(NC(=O)C(=CCC(=O)OCc3ccccc3)c3csc(NC(=O)OCc4ccccc4)n3)C(=O)N2C1. The number of fused-ring (bicyclic) bond motifs is 1. The first-order valence-corrected chi connectivity index (χ1v) is 23.3. The first-order valence-electron chi connectivity index (χ1n) is 20.4. The van der Waals surface area contributed by atoms with Crippen LogP contribution in [0.3, 0.4) is 0 Å². The van der Waals surface area contributed by atoms with Gasteiger partial charge in [0.25, 0.3) is 5.91 Å². The van der Waals surface area contributed by atoms with E-state index >= 15 is 0 Å². The maximum Gasteiger partial charge on any atom is 0.413 e. The van der Waals surface area contributed by atoms with Crippen LogP contribution < -0.4 is 10.6 Å². The number of benzene rings is 4. The molecule has 6 aromatic rings. The third-order valence-electron chi connectivity index (χ3n) is 10.5. The van der Waals surface area contributed by atoms with Gasteiger partial charge in [0.1, 0.15) is 30.0 Å². The van der Waals surface area contributed by atoms with Crippen molar-refractivity contribution in [2.45, 2.75) is 42.3 Å². The molecule has 19 heteroatoms. The van der Waals surface area contributed by atoms with Gasteiger partial charge in [0.2, 0.25) is 11.1 Å². The number of hydrogen-bond acceptors (Lipinski definition) is 15.